The van der Waals surface area contributed by atoms with Crippen LogP contribution in [0.4, 0.5) is 0 Å². The summed E-state index contributed by atoms with van der Waals surface area (Å²) in [5, 5.41) is 16.8. The predicted octanol–water partition coefficient (Wildman–Crippen LogP) is 3.29. The van der Waals surface area contributed by atoms with E-state index in [9.17, 15) is 9.90 Å². The molecular weight excluding hydrogens is 306 g/mol. The van der Waals surface area contributed by atoms with Gasteiger partial charge < -0.3 is 14.9 Å². The third kappa shape index (κ3) is 3.08. The minimum absolute atomic E-state index is 0.170. The molecule has 0 spiro atoms. The van der Waals surface area contributed by atoms with E-state index in [1.54, 1.807) is 37.3 Å². The molecule has 3 aromatic rings. The van der Waals surface area contributed by atoms with Gasteiger partial charge in [-0.05, 0) is 36.6 Å². The smallest absolute Gasteiger partial charge is 0.259 e. The second-order valence-electron chi connectivity index (χ2n) is 6.05. The predicted molar refractivity (Wildman–Crippen MR) is 89.9 cm³/mol. The van der Waals surface area contributed by atoms with Gasteiger partial charge in [-0.25, -0.2) is 4.98 Å². The largest absolute Gasteiger partial charge is 0.508 e. The van der Waals surface area contributed by atoms with Crippen molar-refractivity contribution in [1.82, 2.24) is 15.5 Å². The van der Waals surface area contributed by atoms with Crippen LogP contribution >= 0.6 is 0 Å². The van der Waals surface area contributed by atoms with E-state index >= 15 is 0 Å². The lowest BCUT2D eigenvalue weighted by atomic mass is 10.0. The van der Waals surface area contributed by atoms with E-state index < -0.39 is 0 Å². The van der Waals surface area contributed by atoms with Crippen molar-refractivity contribution in [2.45, 2.75) is 33.2 Å². The maximum atomic E-state index is 12.7. The van der Waals surface area contributed by atoms with Gasteiger partial charge in [0.15, 0.2) is 0 Å². The zero-order chi connectivity index (χ0) is 17.3. The first-order valence-electron chi connectivity index (χ1n) is 7.78. The summed E-state index contributed by atoms with van der Waals surface area (Å²) in [6.07, 6.45) is 0. The molecule has 6 nitrogen and oxygen atoms in total. The van der Waals surface area contributed by atoms with Gasteiger partial charge in [0.05, 0.1) is 16.6 Å². The maximum Gasteiger partial charge on any atom is 0.259 e. The number of nitrogens with zero attached hydrogens (tertiary/aromatic N) is 2. The molecule has 0 atom stereocenters. The lowest BCUT2D eigenvalue weighted by Crippen LogP contribution is -2.23. The van der Waals surface area contributed by atoms with Gasteiger partial charge in [0.2, 0.25) is 0 Å². The number of phenolic OH excluding ortho intramolecular Hbond substituents is 1. The molecule has 0 saturated carbocycles. The zero-order valence-electron chi connectivity index (χ0n) is 13.8. The van der Waals surface area contributed by atoms with E-state index in [0.29, 0.717) is 28.9 Å². The molecule has 0 aliphatic rings. The Balaban J connectivity index is 1.90. The molecule has 1 amide bonds. The number of fused-ring (bicyclic) bond motifs is 1. The van der Waals surface area contributed by atoms with Gasteiger partial charge in [0.1, 0.15) is 5.75 Å². The van der Waals surface area contributed by atoms with Crippen molar-refractivity contribution < 1.29 is 14.4 Å². The number of amides is 1. The third-order valence-electron chi connectivity index (χ3n) is 3.86. The van der Waals surface area contributed by atoms with E-state index in [2.05, 4.69) is 15.5 Å². The fourth-order valence-corrected chi connectivity index (χ4v) is 2.48. The number of phenols is 1. The van der Waals surface area contributed by atoms with E-state index in [1.165, 1.54) is 0 Å². The molecule has 0 aliphatic carbocycles. The minimum Gasteiger partial charge on any atom is -0.508 e. The van der Waals surface area contributed by atoms with Crippen LogP contribution < -0.4 is 5.32 Å². The first-order valence-corrected chi connectivity index (χ1v) is 7.78. The Kier molecular flexibility index (Phi) is 4.20. The second-order valence-corrected chi connectivity index (χ2v) is 6.05. The number of aromatic hydroxyl groups is 1. The molecule has 0 saturated heterocycles. The molecule has 24 heavy (non-hydrogen) atoms. The molecule has 2 N–H and O–H groups in total. The Labute approximate surface area is 139 Å². The molecule has 0 bridgehead atoms. The number of carbonyl (C=O) groups is 1. The number of pyridine rings is 1. The van der Waals surface area contributed by atoms with E-state index in [4.69, 9.17) is 4.52 Å². The molecule has 0 unspecified atom stereocenters. The Bertz CT molecular complexity index is 882. The van der Waals surface area contributed by atoms with Crippen molar-refractivity contribution in [3.05, 3.63) is 52.8 Å². The number of nitrogens with one attached hydrogen (secondary N) is 1. The Morgan fingerprint density at radius 1 is 1.29 bits per heavy atom. The van der Waals surface area contributed by atoms with Crippen molar-refractivity contribution in [1.29, 1.82) is 0 Å². The van der Waals surface area contributed by atoms with Gasteiger partial charge >= 0.3 is 0 Å². The zero-order valence-corrected chi connectivity index (χ0v) is 13.8. The Morgan fingerprint density at radius 3 is 2.67 bits per heavy atom. The second kappa shape index (κ2) is 6.31. The lowest BCUT2D eigenvalue weighted by Gasteiger charge is -2.10. The lowest BCUT2D eigenvalue weighted by molar-refractivity contribution is 0.0952. The molecule has 2 aromatic heterocycles. The highest BCUT2D eigenvalue weighted by atomic mass is 16.5. The van der Waals surface area contributed by atoms with Crippen LogP contribution in [0.25, 0.3) is 11.1 Å². The van der Waals surface area contributed by atoms with Crippen molar-refractivity contribution in [3.63, 3.8) is 0 Å². The van der Waals surface area contributed by atoms with Gasteiger partial charge in [-0.15, -0.1) is 0 Å². The number of aryl methyl sites for hydroxylation is 1. The van der Waals surface area contributed by atoms with Crippen LogP contribution in [0, 0.1) is 6.92 Å². The standard InChI is InChI=1S/C18H19N3O3/c1-10(2)15-8-14(16-11(3)21-24-18(16)20-15)17(23)19-9-12-4-6-13(22)7-5-12/h4-8,10,22H,9H2,1-3H3,(H,19,23). The molecule has 1 aromatic carbocycles. The Morgan fingerprint density at radius 2 is 2.00 bits per heavy atom. The topological polar surface area (TPSA) is 88.2 Å². The number of benzene rings is 1. The van der Waals surface area contributed by atoms with Crippen molar-refractivity contribution in [3.8, 4) is 5.75 Å². The quantitative estimate of drug-likeness (QED) is 0.768. The highest BCUT2D eigenvalue weighted by molar-refractivity contribution is 6.06. The SMILES string of the molecule is Cc1noc2nc(C(C)C)cc(C(=O)NCc3ccc(O)cc3)c12. The van der Waals surface area contributed by atoms with Crippen LogP contribution in [0.3, 0.4) is 0 Å². The van der Waals surface area contributed by atoms with Crippen molar-refractivity contribution >= 4 is 17.0 Å². The minimum atomic E-state index is -0.205. The molecule has 0 aliphatic heterocycles. The molecule has 124 valence electrons. The van der Waals surface area contributed by atoms with Crippen LogP contribution in [0.5, 0.6) is 5.75 Å². The van der Waals surface area contributed by atoms with Crippen LogP contribution in [0.15, 0.2) is 34.9 Å². The van der Waals surface area contributed by atoms with Crippen LogP contribution in [0.1, 0.15) is 47.1 Å². The summed E-state index contributed by atoms with van der Waals surface area (Å²) in [5.74, 6) is 0.162. The van der Waals surface area contributed by atoms with E-state index in [0.717, 1.165) is 11.3 Å². The maximum absolute atomic E-state index is 12.7. The van der Waals surface area contributed by atoms with E-state index in [-0.39, 0.29) is 17.6 Å². The molecule has 0 fully saturated rings. The number of hydrogen-bond acceptors (Lipinski definition) is 5. The summed E-state index contributed by atoms with van der Waals surface area (Å²) < 4.78 is 5.24. The van der Waals surface area contributed by atoms with Gasteiger partial charge in [0, 0.05) is 12.2 Å². The normalized spacial score (nSPS) is 11.2. The number of carbonyl (C=O) groups excluding carboxylic acids is 1. The average Bonchev–Trinajstić information content (AvgIpc) is 2.94. The van der Waals surface area contributed by atoms with E-state index in [1.807, 2.05) is 13.8 Å². The first kappa shape index (κ1) is 16.0. The fourth-order valence-electron chi connectivity index (χ4n) is 2.48. The first-order chi connectivity index (χ1) is 11.5. The number of hydrogen-bond donors (Lipinski definition) is 2. The highest BCUT2D eigenvalue weighted by Crippen LogP contribution is 2.25. The van der Waals surface area contributed by atoms with Crippen molar-refractivity contribution in [2.24, 2.45) is 0 Å². The monoisotopic (exact) mass is 325 g/mol. The van der Waals surface area contributed by atoms with Crippen LogP contribution in [0.2, 0.25) is 0 Å². The van der Waals surface area contributed by atoms with Crippen LogP contribution in [-0.4, -0.2) is 21.2 Å². The van der Waals surface area contributed by atoms with Gasteiger partial charge in [-0.2, -0.15) is 0 Å². The van der Waals surface area contributed by atoms with Crippen molar-refractivity contribution in [2.75, 3.05) is 0 Å². The number of rotatable bonds is 4. The molecule has 2 heterocycles. The molecule has 3 rings (SSSR count). The van der Waals surface area contributed by atoms with Gasteiger partial charge in [-0.3, -0.25) is 4.79 Å². The van der Waals surface area contributed by atoms with Gasteiger partial charge in [0.25, 0.3) is 11.6 Å². The Hall–Kier alpha value is -2.89. The highest BCUT2D eigenvalue weighted by Gasteiger charge is 2.19. The number of aromatic nitrogens is 2. The summed E-state index contributed by atoms with van der Waals surface area (Å²) in [6, 6.07) is 8.51. The fraction of sp³-hybridized carbons (Fsp3) is 0.278. The van der Waals surface area contributed by atoms with Crippen LogP contribution in [-0.2, 0) is 6.54 Å². The summed E-state index contributed by atoms with van der Waals surface area (Å²) in [7, 11) is 0. The summed E-state index contributed by atoms with van der Waals surface area (Å²) in [6.45, 7) is 6.18. The molecular formula is C18H19N3O3. The molecule has 6 heteroatoms. The summed E-state index contributed by atoms with van der Waals surface area (Å²) >= 11 is 0. The molecule has 0 radical (unpaired) electrons. The summed E-state index contributed by atoms with van der Waals surface area (Å²) in [5.41, 5.74) is 3.23. The third-order valence-corrected chi connectivity index (χ3v) is 3.86. The summed E-state index contributed by atoms with van der Waals surface area (Å²) in [4.78, 5) is 17.1. The van der Waals surface area contributed by atoms with Gasteiger partial charge in [-0.1, -0.05) is 31.1 Å². The average molecular weight is 325 g/mol.